The number of hydrogen-bond donors (Lipinski definition) is 1. The van der Waals surface area contributed by atoms with Crippen LogP contribution in [0.3, 0.4) is 0 Å². The number of aliphatic imine (C=N–C) groups is 1. The van der Waals surface area contributed by atoms with E-state index in [9.17, 15) is 0 Å². The highest BCUT2D eigenvalue weighted by molar-refractivity contribution is 8.03. The van der Waals surface area contributed by atoms with Gasteiger partial charge in [0.15, 0.2) is 5.09 Å². The molecule has 0 amide bonds. The number of aryl methyl sites for hydroxylation is 1. The predicted molar refractivity (Wildman–Crippen MR) is 99.9 cm³/mol. The van der Waals surface area contributed by atoms with E-state index in [1.807, 2.05) is 37.3 Å². The molecule has 0 aliphatic heterocycles. The van der Waals surface area contributed by atoms with Crippen LogP contribution in [0.2, 0.25) is 0 Å². The van der Waals surface area contributed by atoms with Crippen molar-refractivity contribution in [2.24, 2.45) is 4.99 Å². The van der Waals surface area contributed by atoms with Gasteiger partial charge in [-0.1, -0.05) is 48.5 Å². The summed E-state index contributed by atoms with van der Waals surface area (Å²) in [6.07, 6.45) is 7.14. The van der Waals surface area contributed by atoms with Crippen LogP contribution in [0.25, 0.3) is 0 Å². The first-order valence-corrected chi connectivity index (χ1v) is 8.46. The third kappa shape index (κ3) is 4.45. The average Bonchev–Trinajstić information content (AvgIpc) is 2.55. The number of thioether (sulfide) groups is 1. The van der Waals surface area contributed by atoms with Gasteiger partial charge in [-0.25, -0.2) is 0 Å². The van der Waals surface area contributed by atoms with E-state index in [4.69, 9.17) is 10.1 Å². The van der Waals surface area contributed by atoms with Gasteiger partial charge in [0, 0.05) is 10.5 Å². The van der Waals surface area contributed by atoms with E-state index in [0.29, 0.717) is 5.09 Å². The zero-order valence-electron chi connectivity index (χ0n) is 13.7. The molecular weight excluding hydrogens is 304 g/mol. The molecule has 1 N–H and O–H groups in total. The summed E-state index contributed by atoms with van der Waals surface area (Å²) in [5, 5.41) is 8.60. The van der Waals surface area contributed by atoms with E-state index in [1.165, 1.54) is 17.3 Å². The molecule has 120 valence electrons. The predicted octanol–water partition coefficient (Wildman–Crippen LogP) is 5.94. The van der Waals surface area contributed by atoms with E-state index in [0.717, 1.165) is 41.0 Å². The highest BCUT2D eigenvalue weighted by Crippen LogP contribution is 2.36. The number of hydrogen-bond acceptors (Lipinski definition) is 4. The van der Waals surface area contributed by atoms with E-state index in [2.05, 4.69) is 25.2 Å². The Morgan fingerprint density at radius 1 is 1.43 bits per heavy atom. The number of allylic oxidation sites excluding steroid dienone is 2. The Morgan fingerprint density at radius 3 is 2.91 bits per heavy atom. The SMILES string of the molecule is C=Nc1c(C)cccc1SC(=C)OC(=N)C1=CCCC(CC)=C1. The molecule has 0 aromatic heterocycles. The Bertz CT molecular complexity index is 701. The van der Waals surface area contributed by atoms with Gasteiger partial charge >= 0.3 is 0 Å². The maximum absolute atomic E-state index is 8.14. The Balaban J connectivity index is 2.04. The minimum Gasteiger partial charge on any atom is -0.432 e. The molecule has 1 aliphatic carbocycles. The van der Waals surface area contributed by atoms with Gasteiger partial charge in [-0.2, -0.15) is 0 Å². The largest absolute Gasteiger partial charge is 0.432 e. The number of rotatable bonds is 6. The van der Waals surface area contributed by atoms with Crippen molar-refractivity contribution in [1.82, 2.24) is 0 Å². The van der Waals surface area contributed by atoms with Crippen LogP contribution in [0.1, 0.15) is 31.7 Å². The monoisotopic (exact) mass is 326 g/mol. The summed E-state index contributed by atoms with van der Waals surface area (Å²) in [5.41, 5.74) is 4.07. The minimum absolute atomic E-state index is 0.147. The van der Waals surface area contributed by atoms with Crippen molar-refractivity contribution in [2.75, 3.05) is 0 Å². The van der Waals surface area contributed by atoms with Gasteiger partial charge in [0.1, 0.15) is 0 Å². The molecule has 0 spiro atoms. The second-order valence-electron chi connectivity index (χ2n) is 5.34. The summed E-state index contributed by atoms with van der Waals surface area (Å²) in [7, 11) is 0. The molecule has 0 fully saturated rings. The molecule has 4 heteroatoms. The van der Waals surface area contributed by atoms with Crippen LogP contribution in [0, 0.1) is 12.3 Å². The number of ether oxygens (including phenoxy) is 1. The summed E-state index contributed by atoms with van der Waals surface area (Å²) in [6, 6.07) is 5.91. The van der Waals surface area contributed by atoms with Crippen LogP contribution >= 0.6 is 11.8 Å². The fourth-order valence-corrected chi connectivity index (χ4v) is 3.27. The molecule has 0 saturated heterocycles. The molecule has 0 unspecified atom stereocenters. The molecular formula is C19H22N2OS. The summed E-state index contributed by atoms with van der Waals surface area (Å²) in [5.74, 6) is 0.147. The minimum atomic E-state index is 0.147. The van der Waals surface area contributed by atoms with Crippen molar-refractivity contribution in [3.63, 3.8) is 0 Å². The van der Waals surface area contributed by atoms with Crippen molar-refractivity contribution < 1.29 is 4.74 Å². The van der Waals surface area contributed by atoms with Gasteiger partial charge in [0.05, 0.1) is 5.69 Å². The van der Waals surface area contributed by atoms with Crippen molar-refractivity contribution in [3.8, 4) is 0 Å². The molecule has 1 aromatic rings. The average molecular weight is 326 g/mol. The second-order valence-corrected chi connectivity index (χ2v) is 6.44. The smallest absolute Gasteiger partial charge is 0.219 e. The van der Waals surface area contributed by atoms with Gasteiger partial charge in [0.25, 0.3) is 0 Å². The summed E-state index contributed by atoms with van der Waals surface area (Å²) >= 11 is 1.37. The van der Waals surface area contributed by atoms with Crippen molar-refractivity contribution in [1.29, 1.82) is 5.41 Å². The maximum Gasteiger partial charge on any atom is 0.219 e. The van der Waals surface area contributed by atoms with Crippen molar-refractivity contribution in [2.45, 2.75) is 38.0 Å². The highest BCUT2D eigenvalue weighted by Gasteiger charge is 2.13. The van der Waals surface area contributed by atoms with Gasteiger partial charge in [-0.15, -0.1) is 0 Å². The lowest BCUT2D eigenvalue weighted by Crippen LogP contribution is -2.06. The first-order chi connectivity index (χ1) is 11.0. The van der Waals surface area contributed by atoms with E-state index in [-0.39, 0.29) is 5.90 Å². The first-order valence-electron chi connectivity index (χ1n) is 7.64. The lowest BCUT2D eigenvalue weighted by molar-refractivity contribution is 0.455. The Hall–Kier alpha value is -2.07. The van der Waals surface area contributed by atoms with Crippen LogP contribution in [0.15, 0.2) is 63.1 Å². The van der Waals surface area contributed by atoms with Crippen LogP contribution in [-0.4, -0.2) is 12.6 Å². The van der Waals surface area contributed by atoms with E-state index >= 15 is 0 Å². The van der Waals surface area contributed by atoms with E-state index < -0.39 is 0 Å². The van der Waals surface area contributed by atoms with Gasteiger partial charge in [0.2, 0.25) is 5.90 Å². The first kappa shape index (κ1) is 17.3. The van der Waals surface area contributed by atoms with Crippen LogP contribution in [0.5, 0.6) is 0 Å². The Kier molecular flexibility index (Phi) is 5.99. The molecule has 0 atom stereocenters. The molecule has 0 saturated carbocycles. The molecule has 3 nitrogen and oxygen atoms in total. The second kappa shape index (κ2) is 7.97. The fraction of sp³-hybridized carbons (Fsp3) is 0.263. The quantitative estimate of drug-likeness (QED) is 0.304. The molecule has 1 aliphatic rings. The normalized spacial score (nSPS) is 13.8. The lowest BCUT2D eigenvalue weighted by Gasteiger charge is -2.15. The van der Waals surface area contributed by atoms with Gasteiger partial charge in [-0.3, -0.25) is 10.4 Å². The molecule has 23 heavy (non-hydrogen) atoms. The molecule has 1 aromatic carbocycles. The van der Waals surface area contributed by atoms with Crippen LogP contribution in [0.4, 0.5) is 5.69 Å². The van der Waals surface area contributed by atoms with Crippen LogP contribution < -0.4 is 0 Å². The fourth-order valence-electron chi connectivity index (χ4n) is 2.43. The summed E-state index contributed by atoms with van der Waals surface area (Å²) in [6.45, 7) is 11.7. The third-order valence-electron chi connectivity index (χ3n) is 3.70. The lowest BCUT2D eigenvalue weighted by atomic mass is 9.98. The number of nitrogens with zero attached hydrogens (tertiary/aromatic N) is 1. The molecule has 0 radical (unpaired) electrons. The highest BCUT2D eigenvalue weighted by atomic mass is 32.2. The van der Waals surface area contributed by atoms with Gasteiger partial charge < -0.3 is 4.74 Å². The van der Waals surface area contributed by atoms with E-state index in [1.54, 1.807) is 0 Å². The summed E-state index contributed by atoms with van der Waals surface area (Å²) < 4.78 is 5.60. The standard InChI is InChI=1S/C19H22N2OS/c1-5-15-9-7-10-16(12-15)19(20)22-14(3)23-17-11-6-8-13(2)18(17)21-4/h6,8,10-12,20H,3-5,7,9H2,1-2H3. The van der Waals surface area contributed by atoms with Crippen molar-refractivity contribution in [3.05, 3.63) is 58.7 Å². The maximum atomic E-state index is 8.14. The molecule has 2 rings (SSSR count). The van der Waals surface area contributed by atoms with Crippen LogP contribution in [-0.2, 0) is 4.74 Å². The summed E-state index contributed by atoms with van der Waals surface area (Å²) in [4.78, 5) is 5.00. The third-order valence-corrected chi connectivity index (χ3v) is 4.56. The van der Waals surface area contributed by atoms with Gasteiger partial charge in [-0.05, 0) is 51.1 Å². The molecule has 0 heterocycles. The number of nitrogens with one attached hydrogen (secondary N) is 1. The molecule has 0 bridgehead atoms. The zero-order valence-corrected chi connectivity index (χ0v) is 14.5. The Morgan fingerprint density at radius 2 is 2.22 bits per heavy atom. The Labute approximate surface area is 142 Å². The topological polar surface area (TPSA) is 45.4 Å². The number of benzene rings is 1. The number of para-hydroxylation sites is 1. The zero-order chi connectivity index (χ0) is 16.8. The van der Waals surface area contributed by atoms with Crippen molar-refractivity contribution >= 4 is 30.1 Å².